The number of rotatable bonds is 1. The zero-order valence-electron chi connectivity index (χ0n) is 7.23. The third-order valence-electron chi connectivity index (χ3n) is 2.37. The van der Waals surface area contributed by atoms with Crippen LogP contribution in [-0.4, -0.2) is 35.2 Å². The maximum absolute atomic E-state index is 4.72. The monoisotopic (exact) mass is 167 g/mol. The largest absolute Gasteiger partial charge is 0.343 e. The van der Waals surface area contributed by atoms with Crippen molar-refractivity contribution in [2.24, 2.45) is 0 Å². The van der Waals surface area contributed by atoms with E-state index in [-0.39, 0.29) is 0 Å². The topological polar surface area (TPSA) is 42.2 Å². The van der Waals surface area contributed by atoms with Gasteiger partial charge in [-0.05, 0) is 26.4 Å². The first-order chi connectivity index (χ1) is 5.86. The first-order valence-electron chi connectivity index (χ1n) is 4.31. The minimum Gasteiger partial charge on any atom is -0.343 e. The van der Waals surface area contributed by atoms with Gasteiger partial charge in [-0.3, -0.25) is 0 Å². The highest BCUT2D eigenvalue weighted by atomic mass is 16.5. The number of aromatic nitrogens is 2. The fraction of sp³-hybridized carbons (Fsp3) is 0.750. The maximum atomic E-state index is 4.72. The second kappa shape index (κ2) is 3.23. The molecular weight excluding hydrogens is 154 g/mol. The molecule has 1 aromatic heterocycles. The second-order valence-electron chi connectivity index (χ2n) is 3.39. The molecular formula is C8H13N3O. The van der Waals surface area contributed by atoms with Gasteiger partial charge in [0.15, 0.2) is 5.82 Å². The van der Waals surface area contributed by atoms with Crippen LogP contribution < -0.4 is 0 Å². The van der Waals surface area contributed by atoms with E-state index in [1.807, 2.05) is 0 Å². The van der Waals surface area contributed by atoms with E-state index in [0.717, 1.165) is 12.4 Å². The molecule has 12 heavy (non-hydrogen) atoms. The lowest BCUT2D eigenvalue weighted by Crippen LogP contribution is -2.31. The highest BCUT2D eigenvalue weighted by molar-refractivity contribution is 4.95. The molecule has 66 valence electrons. The molecule has 1 aromatic rings. The molecule has 1 unspecified atom stereocenters. The molecule has 0 saturated carbocycles. The van der Waals surface area contributed by atoms with Crippen LogP contribution in [0.5, 0.6) is 0 Å². The summed E-state index contributed by atoms with van der Waals surface area (Å²) in [5, 5.41) is 3.86. The number of piperidine rings is 1. The van der Waals surface area contributed by atoms with E-state index in [1.165, 1.54) is 25.8 Å². The third kappa shape index (κ3) is 1.48. The second-order valence-corrected chi connectivity index (χ2v) is 3.39. The maximum Gasteiger partial charge on any atom is 0.213 e. The predicted octanol–water partition coefficient (Wildman–Crippen LogP) is 0.879. The van der Waals surface area contributed by atoms with E-state index in [9.17, 15) is 0 Å². The molecule has 1 aliphatic rings. The quantitative estimate of drug-likeness (QED) is 0.622. The van der Waals surface area contributed by atoms with Gasteiger partial charge in [0, 0.05) is 12.5 Å². The van der Waals surface area contributed by atoms with Crippen molar-refractivity contribution in [2.75, 3.05) is 20.1 Å². The van der Waals surface area contributed by atoms with Crippen molar-refractivity contribution in [1.82, 2.24) is 15.0 Å². The number of hydrogen-bond donors (Lipinski definition) is 0. The van der Waals surface area contributed by atoms with E-state index >= 15 is 0 Å². The normalized spacial score (nSPS) is 25.9. The van der Waals surface area contributed by atoms with Crippen LogP contribution in [-0.2, 0) is 0 Å². The van der Waals surface area contributed by atoms with E-state index in [4.69, 9.17) is 4.52 Å². The van der Waals surface area contributed by atoms with Crippen molar-refractivity contribution in [3.63, 3.8) is 0 Å². The number of hydrogen-bond acceptors (Lipinski definition) is 4. The van der Waals surface area contributed by atoms with Crippen molar-refractivity contribution in [3.05, 3.63) is 12.2 Å². The molecule has 2 heterocycles. The number of nitrogens with zero attached hydrogens (tertiary/aromatic N) is 3. The first kappa shape index (κ1) is 7.73. The summed E-state index contributed by atoms with van der Waals surface area (Å²) in [4.78, 5) is 6.38. The van der Waals surface area contributed by atoms with Gasteiger partial charge in [0.05, 0.1) is 0 Å². The molecule has 0 spiro atoms. The molecule has 2 rings (SSSR count). The summed E-state index contributed by atoms with van der Waals surface area (Å²) in [5.41, 5.74) is 0. The van der Waals surface area contributed by atoms with Crippen LogP contribution in [0.3, 0.4) is 0 Å². The van der Waals surface area contributed by atoms with E-state index in [2.05, 4.69) is 22.1 Å². The van der Waals surface area contributed by atoms with Crippen LogP contribution in [0, 0.1) is 0 Å². The van der Waals surface area contributed by atoms with Gasteiger partial charge in [-0.25, -0.2) is 0 Å². The Hall–Kier alpha value is -0.900. The summed E-state index contributed by atoms with van der Waals surface area (Å²) >= 11 is 0. The molecule has 1 saturated heterocycles. The van der Waals surface area contributed by atoms with Gasteiger partial charge < -0.3 is 9.42 Å². The van der Waals surface area contributed by atoms with E-state index in [0.29, 0.717) is 5.92 Å². The Labute approximate surface area is 71.6 Å². The fourth-order valence-corrected chi connectivity index (χ4v) is 1.74. The van der Waals surface area contributed by atoms with Crippen LogP contribution in [0.15, 0.2) is 10.9 Å². The smallest absolute Gasteiger partial charge is 0.213 e. The molecule has 0 radical (unpaired) electrons. The molecule has 0 aliphatic carbocycles. The third-order valence-corrected chi connectivity index (χ3v) is 2.37. The zero-order valence-corrected chi connectivity index (χ0v) is 7.23. The Morgan fingerprint density at radius 2 is 2.58 bits per heavy atom. The number of likely N-dealkylation sites (N-methyl/N-ethyl adjacent to an activating group) is 1. The molecule has 0 N–H and O–H groups in total. The molecule has 1 atom stereocenters. The Balaban J connectivity index is 2.04. The lowest BCUT2D eigenvalue weighted by atomic mass is 9.98. The Morgan fingerprint density at radius 3 is 3.25 bits per heavy atom. The Morgan fingerprint density at radius 1 is 1.67 bits per heavy atom. The van der Waals surface area contributed by atoms with Gasteiger partial charge in [-0.1, -0.05) is 5.16 Å². The van der Waals surface area contributed by atoms with Gasteiger partial charge in [0.2, 0.25) is 6.39 Å². The van der Waals surface area contributed by atoms with E-state index in [1.54, 1.807) is 0 Å². The van der Waals surface area contributed by atoms with Crippen molar-refractivity contribution in [2.45, 2.75) is 18.8 Å². The van der Waals surface area contributed by atoms with E-state index < -0.39 is 0 Å². The van der Waals surface area contributed by atoms with Crippen LogP contribution in [0.2, 0.25) is 0 Å². The predicted molar refractivity (Wildman–Crippen MR) is 43.8 cm³/mol. The molecule has 1 aliphatic heterocycles. The van der Waals surface area contributed by atoms with Crippen molar-refractivity contribution in [1.29, 1.82) is 0 Å². The van der Waals surface area contributed by atoms with Gasteiger partial charge in [-0.2, -0.15) is 4.98 Å². The lowest BCUT2D eigenvalue weighted by Gasteiger charge is -2.27. The van der Waals surface area contributed by atoms with Crippen molar-refractivity contribution < 1.29 is 4.52 Å². The average molecular weight is 167 g/mol. The summed E-state index contributed by atoms with van der Waals surface area (Å²) in [6.45, 7) is 2.24. The summed E-state index contributed by atoms with van der Waals surface area (Å²) < 4.78 is 4.72. The summed E-state index contributed by atoms with van der Waals surface area (Å²) in [7, 11) is 2.13. The van der Waals surface area contributed by atoms with Crippen LogP contribution in [0.25, 0.3) is 0 Å². The molecule has 4 heteroatoms. The fourth-order valence-electron chi connectivity index (χ4n) is 1.74. The molecule has 4 nitrogen and oxygen atoms in total. The highest BCUT2D eigenvalue weighted by Gasteiger charge is 2.21. The van der Waals surface area contributed by atoms with Gasteiger partial charge >= 0.3 is 0 Å². The van der Waals surface area contributed by atoms with Gasteiger partial charge in [0.1, 0.15) is 0 Å². The molecule has 0 aromatic carbocycles. The standard InChI is InChI=1S/C8H13N3O/c1-11-4-2-3-7(5-11)8-9-6-12-10-8/h6-7H,2-5H2,1H3. The SMILES string of the molecule is CN1CCCC(c2ncon2)C1. The Kier molecular flexibility index (Phi) is 2.08. The average Bonchev–Trinajstić information content (AvgIpc) is 2.56. The minimum atomic E-state index is 0.475. The summed E-state index contributed by atoms with van der Waals surface area (Å²) in [6.07, 6.45) is 3.82. The number of likely N-dealkylation sites (tertiary alicyclic amines) is 1. The first-order valence-corrected chi connectivity index (χ1v) is 4.31. The zero-order chi connectivity index (χ0) is 8.39. The molecule has 0 bridgehead atoms. The van der Waals surface area contributed by atoms with Crippen molar-refractivity contribution >= 4 is 0 Å². The Bertz CT molecular complexity index is 234. The van der Waals surface area contributed by atoms with Gasteiger partial charge in [-0.15, -0.1) is 0 Å². The summed E-state index contributed by atoms with van der Waals surface area (Å²) in [6, 6.07) is 0. The molecule has 1 fully saturated rings. The lowest BCUT2D eigenvalue weighted by molar-refractivity contribution is 0.242. The highest BCUT2D eigenvalue weighted by Crippen LogP contribution is 2.22. The van der Waals surface area contributed by atoms with Crippen LogP contribution >= 0.6 is 0 Å². The summed E-state index contributed by atoms with van der Waals surface area (Å²) in [5.74, 6) is 1.34. The molecule has 0 amide bonds. The van der Waals surface area contributed by atoms with Crippen molar-refractivity contribution in [3.8, 4) is 0 Å². The van der Waals surface area contributed by atoms with Crippen LogP contribution in [0.1, 0.15) is 24.6 Å². The van der Waals surface area contributed by atoms with Gasteiger partial charge in [0.25, 0.3) is 0 Å². The van der Waals surface area contributed by atoms with Crippen LogP contribution in [0.4, 0.5) is 0 Å². The minimum absolute atomic E-state index is 0.475.